The maximum atomic E-state index is 12.3. The number of carbonyl (C=O) groups is 3. The van der Waals surface area contributed by atoms with Gasteiger partial charge in [0, 0.05) is 16.7 Å². The summed E-state index contributed by atoms with van der Waals surface area (Å²) in [5.74, 6) is -2.27. The first-order valence-corrected chi connectivity index (χ1v) is 10.3. The van der Waals surface area contributed by atoms with Crippen molar-refractivity contribution in [3.63, 3.8) is 0 Å². The van der Waals surface area contributed by atoms with Gasteiger partial charge in [0.2, 0.25) is 0 Å². The van der Waals surface area contributed by atoms with Crippen LogP contribution in [0.2, 0.25) is 5.04 Å². The van der Waals surface area contributed by atoms with Gasteiger partial charge in [-0.2, -0.15) is 0 Å². The number of hydrogen-bond acceptors (Lipinski definition) is 6. The van der Waals surface area contributed by atoms with Crippen molar-refractivity contribution in [2.24, 2.45) is 0 Å². The minimum Gasteiger partial charge on any atom is -0.451 e. The van der Waals surface area contributed by atoms with Crippen LogP contribution in [0.3, 0.4) is 0 Å². The summed E-state index contributed by atoms with van der Waals surface area (Å²) in [5.41, 5.74) is 0.372. The molecule has 0 bridgehead atoms. The predicted molar refractivity (Wildman–Crippen MR) is 99.9 cm³/mol. The molecular weight excluding hydrogens is 352 g/mol. The summed E-state index contributed by atoms with van der Waals surface area (Å²) in [6.07, 6.45) is 3.93. The van der Waals surface area contributed by atoms with Crippen LogP contribution in [0.25, 0.3) is 0 Å². The van der Waals surface area contributed by atoms with E-state index in [9.17, 15) is 14.4 Å². The standard InChI is InChI=1S/C19H28O6Si/c1-13(2)16(20)23-26(24-17(21)14(3)4,25-18(22)15(5)6)19(7)11-9-8-10-12-19/h1,3,5,8-12H2,2,4,6-7H3. The molecule has 0 saturated heterocycles. The molecule has 0 aromatic carbocycles. The van der Waals surface area contributed by atoms with Gasteiger partial charge in [-0.15, -0.1) is 0 Å². The molecule has 7 heteroatoms. The van der Waals surface area contributed by atoms with Gasteiger partial charge in [-0.3, -0.25) is 0 Å². The third-order valence-electron chi connectivity index (χ3n) is 4.42. The highest BCUT2D eigenvalue weighted by atomic mass is 28.4. The van der Waals surface area contributed by atoms with Crippen molar-refractivity contribution in [1.82, 2.24) is 0 Å². The molecule has 0 aromatic heterocycles. The zero-order valence-electron chi connectivity index (χ0n) is 16.1. The Hall–Kier alpha value is -2.15. The second kappa shape index (κ2) is 8.49. The fourth-order valence-corrected chi connectivity index (χ4v) is 5.78. The third kappa shape index (κ3) is 4.94. The Morgan fingerprint density at radius 1 is 0.731 bits per heavy atom. The number of carbonyl (C=O) groups excluding carboxylic acids is 3. The lowest BCUT2D eigenvalue weighted by Crippen LogP contribution is -2.59. The summed E-state index contributed by atoms with van der Waals surface area (Å²) in [6.45, 7) is 17.0. The topological polar surface area (TPSA) is 78.9 Å². The summed E-state index contributed by atoms with van der Waals surface area (Å²) >= 11 is 0. The van der Waals surface area contributed by atoms with Gasteiger partial charge in [0.15, 0.2) is 0 Å². The Kier molecular flexibility index (Phi) is 7.14. The van der Waals surface area contributed by atoms with Crippen molar-refractivity contribution in [2.75, 3.05) is 0 Å². The molecule has 1 fully saturated rings. The Bertz CT molecular complexity index is 573. The van der Waals surface area contributed by atoms with E-state index in [1.807, 2.05) is 6.92 Å². The highest BCUT2D eigenvalue weighted by Crippen LogP contribution is 2.52. The highest BCUT2D eigenvalue weighted by molar-refractivity contribution is 6.69. The van der Waals surface area contributed by atoms with Crippen LogP contribution in [0.15, 0.2) is 36.5 Å². The summed E-state index contributed by atoms with van der Waals surface area (Å²) in [4.78, 5) is 37.0. The van der Waals surface area contributed by atoms with Crippen molar-refractivity contribution < 1.29 is 27.7 Å². The molecule has 0 spiro atoms. The van der Waals surface area contributed by atoms with Crippen LogP contribution in [-0.4, -0.2) is 26.7 Å². The number of hydrogen-bond donors (Lipinski definition) is 0. The van der Waals surface area contributed by atoms with Gasteiger partial charge in [0.25, 0.3) is 0 Å². The van der Waals surface area contributed by atoms with E-state index in [-0.39, 0.29) is 16.7 Å². The lowest BCUT2D eigenvalue weighted by molar-refractivity contribution is -0.147. The SMILES string of the molecule is C=C(C)C(=O)O[Si](OC(=O)C(=C)C)(OC(=O)C(=C)C)C1(C)CCCCC1. The Morgan fingerprint density at radius 3 is 1.31 bits per heavy atom. The van der Waals surface area contributed by atoms with Crippen LogP contribution in [-0.2, 0) is 27.7 Å². The molecule has 1 aliphatic rings. The van der Waals surface area contributed by atoms with Crippen molar-refractivity contribution in [3.8, 4) is 0 Å². The molecule has 6 nitrogen and oxygen atoms in total. The normalized spacial score (nSPS) is 16.2. The van der Waals surface area contributed by atoms with E-state index in [2.05, 4.69) is 19.7 Å². The molecule has 144 valence electrons. The molecule has 26 heavy (non-hydrogen) atoms. The zero-order chi connectivity index (χ0) is 20.1. The van der Waals surface area contributed by atoms with Crippen LogP contribution >= 0.6 is 0 Å². The van der Waals surface area contributed by atoms with Crippen molar-refractivity contribution in [3.05, 3.63) is 36.5 Å². The lowest BCUT2D eigenvalue weighted by atomic mass is 9.90. The molecule has 0 atom stereocenters. The average Bonchev–Trinajstić information content (AvgIpc) is 2.54. The molecule has 0 aliphatic heterocycles. The molecule has 0 amide bonds. The van der Waals surface area contributed by atoms with Gasteiger partial charge in [-0.1, -0.05) is 45.9 Å². The first-order valence-electron chi connectivity index (χ1n) is 8.60. The summed E-state index contributed by atoms with van der Waals surface area (Å²) in [5, 5.41) is -0.771. The molecule has 1 aliphatic carbocycles. The molecule has 1 rings (SSSR count). The first-order chi connectivity index (χ1) is 11.9. The molecule has 1 saturated carbocycles. The second-order valence-corrected chi connectivity index (χ2v) is 10.1. The zero-order valence-corrected chi connectivity index (χ0v) is 17.1. The Balaban J connectivity index is 3.47. The van der Waals surface area contributed by atoms with Gasteiger partial charge < -0.3 is 13.3 Å². The molecule has 0 unspecified atom stereocenters. The van der Waals surface area contributed by atoms with Crippen LogP contribution in [0.4, 0.5) is 0 Å². The van der Waals surface area contributed by atoms with Gasteiger partial charge >= 0.3 is 26.7 Å². The van der Waals surface area contributed by atoms with Crippen LogP contribution in [0.5, 0.6) is 0 Å². The third-order valence-corrected chi connectivity index (χ3v) is 7.76. The van der Waals surface area contributed by atoms with Gasteiger partial charge in [0.05, 0.1) is 5.04 Å². The van der Waals surface area contributed by atoms with E-state index in [0.29, 0.717) is 12.8 Å². The molecule has 0 radical (unpaired) electrons. The smallest absolute Gasteiger partial charge is 0.451 e. The van der Waals surface area contributed by atoms with Crippen LogP contribution in [0.1, 0.15) is 59.8 Å². The van der Waals surface area contributed by atoms with Crippen molar-refractivity contribution >= 4 is 26.7 Å². The summed E-state index contributed by atoms with van der Waals surface area (Å²) < 4.78 is 16.8. The minimum atomic E-state index is -4.13. The minimum absolute atomic E-state index is 0.124. The Morgan fingerprint density at radius 2 is 1.04 bits per heavy atom. The van der Waals surface area contributed by atoms with Crippen molar-refractivity contribution in [2.45, 2.75) is 64.8 Å². The lowest BCUT2D eigenvalue weighted by Gasteiger charge is -2.42. The molecule has 0 N–H and O–H groups in total. The van der Waals surface area contributed by atoms with E-state index in [0.717, 1.165) is 19.3 Å². The maximum absolute atomic E-state index is 12.3. The quantitative estimate of drug-likeness (QED) is 0.490. The van der Waals surface area contributed by atoms with Crippen LogP contribution in [0, 0.1) is 0 Å². The molecule has 0 aromatic rings. The average molecular weight is 381 g/mol. The van der Waals surface area contributed by atoms with Crippen LogP contribution < -0.4 is 0 Å². The van der Waals surface area contributed by atoms with E-state index >= 15 is 0 Å². The largest absolute Gasteiger partial charge is 0.712 e. The van der Waals surface area contributed by atoms with E-state index in [1.54, 1.807) is 0 Å². The van der Waals surface area contributed by atoms with Gasteiger partial charge in [-0.05, 0) is 33.6 Å². The molecule has 0 heterocycles. The second-order valence-electron chi connectivity index (χ2n) is 7.19. The fraction of sp³-hybridized carbons (Fsp3) is 0.526. The van der Waals surface area contributed by atoms with Gasteiger partial charge in [0.1, 0.15) is 0 Å². The summed E-state index contributed by atoms with van der Waals surface area (Å²) in [6, 6.07) is 0. The number of rotatable bonds is 7. The monoisotopic (exact) mass is 380 g/mol. The van der Waals surface area contributed by atoms with Crippen molar-refractivity contribution in [1.29, 1.82) is 0 Å². The first kappa shape index (κ1) is 21.9. The summed E-state index contributed by atoms with van der Waals surface area (Å²) in [7, 11) is -4.13. The highest BCUT2D eigenvalue weighted by Gasteiger charge is 2.67. The fourth-order valence-electron chi connectivity index (χ4n) is 2.70. The Labute approximate surface area is 156 Å². The van der Waals surface area contributed by atoms with Gasteiger partial charge in [-0.25, -0.2) is 14.4 Å². The van der Waals surface area contributed by atoms with E-state index < -0.39 is 31.8 Å². The predicted octanol–water partition coefficient (Wildman–Crippen LogP) is 4.01. The molecular formula is C19H28O6Si. The maximum Gasteiger partial charge on any atom is 0.712 e. The van der Waals surface area contributed by atoms with E-state index in [4.69, 9.17) is 13.3 Å². The van der Waals surface area contributed by atoms with E-state index in [1.165, 1.54) is 20.8 Å².